The number of carbonyl (C=O) groups excluding carboxylic acids is 2. The van der Waals surface area contributed by atoms with Gasteiger partial charge in [-0.05, 0) is 42.7 Å². The maximum absolute atomic E-state index is 14.1. The van der Waals surface area contributed by atoms with Crippen LogP contribution >= 0.6 is 11.6 Å². The molecule has 0 bridgehead atoms. The highest BCUT2D eigenvalue weighted by Gasteiger charge is 2.38. The maximum Gasteiger partial charge on any atom is 0.311 e. The Kier molecular flexibility index (Phi) is 4.71. The lowest BCUT2D eigenvalue weighted by atomic mass is 9.84. The first-order chi connectivity index (χ1) is 13.3. The number of ether oxygens (including phenoxy) is 2. The summed E-state index contributed by atoms with van der Waals surface area (Å²) in [6.07, 6.45) is 2.31. The average Bonchev–Trinajstić information content (AvgIpc) is 2.93. The van der Waals surface area contributed by atoms with E-state index in [4.69, 9.17) is 21.1 Å². The predicted molar refractivity (Wildman–Crippen MR) is 103 cm³/mol. The van der Waals surface area contributed by atoms with Gasteiger partial charge >= 0.3 is 5.97 Å². The summed E-state index contributed by atoms with van der Waals surface area (Å²) in [5.41, 5.74) is 1.20. The molecule has 2 aliphatic heterocycles. The van der Waals surface area contributed by atoms with Gasteiger partial charge in [-0.3, -0.25) is 9.59 Å². The Morgan fingerprint density at radius 2 is 2.00 bits per heavy atom. The first-order valence-corrected chi connectivity index (χ1v) is 9.48. The van der Waals surface area contributed by atoms with Gasteiger partial charge in [-0.2, -0.15) is 0 Å². The van der Waals surface area contributed by atoms with Gasteiger partial charge in [-0.25, -0.2) is 4.39 Å². The van der Waals surface area contributed by atoms with Crippen molar-refractivity contribution in [2.75, 3.05) is 0 Å². The number of esters is 1. The third kappa shape index (κ3) is 3.20. The predicted octanol–water partition coefficient (Wildman–Crippen LogP) is 5.53. The van der Waals surface area contributed by atoms with Crippen molar-refractivity contribution in [3.8, 4) is 11.5 Å². The Balaban J connectivity index is 1.80. The maximum atomic E-state index is 14.1. The van der Waals surface area contributed by atoms with Crippen molar-refractivity contribution in [1.82, 2.24) is 0 Å². The van der Waals surface area contributed by atoms with Gasteiger partial charge in [0.05, 0.1) is 17.0 Å². The van der Waals surface area contributed by atoms with E-state index in [1.165, 1.54) is 18.2 Å². The SMILES string of the molecule is CC(C)C[C@H]1CC(=O)Oc2ccc3c(c21)O/C(=C\c1c(F)cccc1Cl)C3=O. The number of rotatable bonds is 3. The molecule has 2 aromatic carbocycles. The third-order valence-corrected chi connectivity index (χ3v) is 5.24. The number of hydrogen-bond donors (Lipinski definition) is 0. The molecule has 144 valence electrons. The minimum atomic E-state index is -0.541. The zero-order chi connectivity index (χ0) is 20.0. The van der Waals surface area contributed by atoms with Gasteiger partial charge in [0.1, 0.15) is 17.3 Å². The smallest absolute Gasteiger partial charge is 0.311 e. The van der Waals surface area contributed by atoms with Gasteiger partial charge in [0.25, 0.3) is 0 Å². The number of hydrogen-bond acceptors (Lipinski definition) is 4. The van der Waals surface area contributed by atoms with Gasteiger partial charge in [0.2, 0.25) is 5.78 Å². The van der Waals surface area contributed by atoms with Gasteiger partial charge in [-0.1, -0.05) is 31.5 Å². The van der Waals surface area contributed by atoms with Crippen LogP contribution in [0, 0.1) is 11.7 Å². The molecule has 1 atom stereocenters. The summed E-state index contributed by atoms with van der Waals surface area (Å²) in [6, 6.07) is 7.51. The summed E-state index contributed by atoms with van der Waals surface area (Å²) in [5.74, 6) is -0.137. The Morgan fingerprint density at radius 1 is 1.21 bits per heavy atom. The van der Waals surface area contributed by atoms with Crippen molar-refractivity contribution in [3.05, 3.63) is 63.6 Å². The summed E-state index contributed by atoms with van der Waals surface area (Å²) in [4.78, 5) is 24.8. The first kappa shape index (κ1) is 18.7. The quantitative estimate of drug-likeness (QED) is 0.386. The van der Waals surface area contributed by atoms with Crippen LogP contribution < -0.4 is 9.47 Å². The normalized spacial score (nSPS) is 19.5. The van der Waals surface area contributed by atoms with Gasteiger partial charge in [0, 0.05) is 17.0 Å². The fraction of sp³-hybridized carbons (Fsp3) is 0.273. The monoisotopic (exact) mass is 400 g/mol. The molecule has 0 aliphatic carbocycles. The van der Waals surface area contributed by atoms with Crippen LogP contribution in [-0.2, 0) is 4.79 Å². The van der Waals surface area contributed by atoms with Crippen molar-refractivity contribution in [2.24, 2.45) is 5.92 Å². The van der Waals surface area contributed by atoms with Gasteiger partial charge in [-0.15, -0.1) is 0 Å². The molecule has 0 fully saturated rings. The van der Waals surface area contributed by atoms with E-state index in [2.05, 4.69) is 13.8 Å². The Labute approximate surface area is 166 Å². The van der Waals surface area contributed by atoms with Gasteiger partial charge in [0.15, 0.2) is 5.76 Å². The number of halogens is 2. The van der Waals surface area contributed by atoms with Crippen LogP contribution in [0.1, 0.15) is 54.1 Å². The molecule has 4 nitrogen and oxygen atoms in total. The molecule has 2 aromatic rings. The summed E-state index contributed by atoms with van der Waals surface area (Å²) in [5, 5.41) is 0.188. The van der Waals surface area contributed by atoms with Crippen LogP contribution in [0.2, 0.25) is 5.02 Å². The molecular formula is C22H18ClFO4. The fourth-order valence-electron chi connectivity index (χ4n) is 3.75. The summed E-state index contributed by atoms with van der Waals surface area (Å²) < 4.78 is 25.4. The van der Waals surface area contributed by atoms with E-state index in [0.29, 0.717) is 23.0 Å². The van der Waals surface area contributed by atoms with Gasteiger partial charge < -0.3 is 9.47 Å². The molecule has 0 saturated carbocycles. The molecular weight excluding hydrogens is 383 g/mol. The number of ketones is 1. The second-order valence-electron chi connectivity index (χ2n) is 7.43. The Bertz CT molecular complexity index is 1010. The standard InChI is InChI=1S/C22H18ClFO4/c1-11(2)8-12-9-19(25)27-17-7-6-13-21(26)18(28-22(13)20(12)17)10-14-15(23)4-3-5-16(14)24/h3-7,10-12H,8-9H2,1-2H3/b18-10-/t12-/m0/s1. The minimum Gasteiger partial charge on any atom is -0.452 e. The molecule has 4 rings (SSSR count). The average molecular weight is 401 g/mol. The third-order valence-electron chi connectivity index (χ3n) is 4.91. The molecule has 0 saturated heterocycles. The summed E-state index contributed by atoms with van der Waals surface area (Å²) in [6.45, 7) is 4.14. The van der Waals surface area contributed by atoms with Crippen molar-refractivity contribution in [2.45, 2.75) is 32.6 Å². The van der Waals surface area contributed by atoms with E-state index in [0.717, 1.165) is 12.0 Å². The topological polar surface area (TPSA) is 52.6 Å². The van der Waals surface area contributed by atoms with E-state index in [1.807, 2.05) is 0 Å². The molecule has 2 aliphatic rings. The second kappa shape index (κ2) is 7.06. The molecule has 2 heterocycles. The first-order valence-electron chi connectivity index (χ1n) is 9.11. The Morgan fingerprint density at radius 3 is 2.71 bits per heavy atom. The van der Waals surface area contributed by atoms with Crippen LogP contribution in [0.3, 0.4) is 0 Å². The number of benzene rings is 2. The number of allylic oxidation sites excluding steroid dienone is 1. The van der Waals surface area contributed by atoms with E-state index >= 15 is 0 Å². The highest BCUT2D eigenvalue weighted by molar-refractivity contribution is 6.32. The van der Waals surface area contributed by atoms with Crippen LogP contribution in [-0.4, -0.2) is 11.8 Å². The van der Waals surface area contributed by atoms with Crippen LogP contribution in [0.15, 0.2) is 36.1 Å². The molecule has 0 unspecified atom stereocenters. The minimum absolute atomic E-state index is 0.00408. The van der Waals surface area contributed by atoms with Crippen LogP contribution in [0.25, 0.3) is 6.08 Å². The molecule has 0 amide bonds. The number of fused-ring (bicyclic) bond motifs is 3. The molecule has 28 heavy (non-hydrogen) atoms. The van der Waals surface area contributed by atoms with Crippen molar-refractivity contribution < 1.29 is 23.5 Å². The molecule has 0 aromatic heterocycles. The molecule has 0 N–H and O–H groups in total. The zero-order valence-corrected chi connectivity index (χ0v) is 16.2. The van der Waals surface area contributed by atoms with Crippen molar-refractivity contribution >= 4 is 29.4 Å². The Hall–Kier alpha value is -2.66. The van der Waals surface area contributed by atoms with E-state index in [1.54, 1.807) is 18.2 Å². The van der Waals surface area contributed by atoms with E-state index in [9.17, 15) is 14.0 Å². The van der Waals surface area contributed by atoms with Crippen LogP contribution in [0.5, 0.6) is 11.5 Å². The molecule has 0 radical (unpaired) electrons. The largest absolute Gasteiger partial charge is 0.452 e. The summed E-state index contributed by atoms with van der Waals surface area (Å²) in [7, 11) is 0. The summed E-state index contributed by atoms with van der Waals surface area (Å²) >= 11 is 6.07. The molecule has 6 heteroatoms. The lowest BCUT2D eigenvalue weighted by Crippen LogP contribution is -2.21. The van der Waals surface area contributed by atoms with Crippen LogP contribution in [0.4, 0.5) is 4.39 Å². The number of carbonyl (C=O) groups is 2. The van der Waals surface area contributed by atoms with Crippen molar-refractivity contribution in [1.29, 1.82) is 0 Å². The second-order valence-corrected chi connectivity index (χ2v) is 7.84. The van der Waals surface area contributed by atoms with E-state index in [-0.39, 0.29) is 40.4 Å². The molecule has 0 spiro atoms. The number of Topliss-reactive ketones (excluding diaryl/α,β-unsaturated/α-hetero) is 1. The van der Waals surface area contributed by atoms with E-state index < -0.39 is 5.82 Å². The fourth-order valence-corrected chi connectivity index (χ4v) is 3.96. The zero-order valence-electron chi connectivity index (χ0n) is 15.4. The lowest BCUT2D eigenvalue weighted by molar-refractivity contribution is -0.136. The van der Waals surface area contributed by atoms with Crippen molar-refractivity contribution in [3.63, 3.8) is 0 Å². The highest BCUT2D eigenvalue weighted by Crippen LogP contribution is 2.48. The lowest BCUT2D eigenvalue weighted by Gasteiger charge is -2.27. The highest BCUT2D eigenvalue weighted by atomic mass is 35.5.